The predicted molar refractivity (Wildman–Crippen MR) is 82.9 cm³/mol. The maximum atomic E-state index is 11.5. The van der Waals surface area contributed by atoms with E-state index < -0.39 is 6.09 Å². The quantitative estimate of drug-likeness (QED) is 0.916. The molecule has 4 nitrogen and oxygen atoms in total. The average Bonchev–Trinajstić information content (AvgIpc) is 2.52. The molecular formula is C16H15ClN2O2. The molecule has 0 aliphatic heterocycles. The van der Waals surface area contributed by atoms with Crippen LogP contribution < -0.4 is 5.32 Å². The zero-order valence-electron chi connectivity index (χ0n) is 11.3. The summed E-state index contributed by atoms with van der Waals surface area (Å²) in [6, 6.07) is 11.3. The number of aromatic nitrogens is 1. The minimum absolute atomic E-state index is 0.257. The Morgan fingerprint density at radius 1 is 1.29 bits per heavy atom. The fourth-order valence-corrected chi connectivity index (χ4v) is 1.81. The first-order valence-electron chi connectivity index (χ1n) is 6.46. The third kappa shape index (κ3) is 5.28. The molecule has 0 bridgehead atoms. The number of hydrogen-bond donors (Lipinski definition) is 1. The molecule has 1 aromatic heterocycles. The van der Waals surface area contributed by atoms with Crippen LogP contribution in [0.15, 0.2) is 54.9 Å². The maximum Gasteiger partial charge on any atom is 0.407 e. The summed E-state index contributed by atoms with van der Waals surface area (Å²) in [5.41, 5.74) is 1.80. The monoisotopic (exact) mass is 302 g/mol. The molecule has 2 rings (SSSR count). The van der Waals surface area contributed by atoms with E-state index in [1.807, 2.05) is 36.4 Å². The van der Waals surface area contributed by atoms with Crippen molar-refractivity contribution in [1.82, 2.24) is 10.3 Å². The lowest BCUT2D eigenvalue weighted by Crippen LogP contribution is -2.24. The Labute approximate surface area is 128 Å². The van der Waals surface area contributed by atoms with Crippen LogP contribution in [0.25, 0.3) is 6.08 Å². The molecule has 5 heteroatoms. The normalized spacial score (nSPS) is 10.5. The molecule has 0 spiro atoms. The summed E-state index contributed by atoms with van der Waals surface area (Å²) in [6.07, 6.45) is 6.40. The predicted octanol–water partition coefficient (Wildman–Crippen LogP) is 3.67. The third-order valence-electron chi connectivity index (χ3n) is 2.68. The van der Waals surface area contributed by atoms with Crippen molar-refractivity contribution in [2.24, 2.45) is 0 Å². The highest BCUT2D eigenvalue weighted by Crippen LogP contribution is 2.14. The second kappa shape index (κ2) is 8.07. The average molecular weight is 303 g/mol. The topological polar surface area (TPSA) is 51.2 Å². The lowest BCUT2D eigenvalue weighted by atomic mass is 10.2. The zero-order chi connectivity index (χ0) is 14.9. The number of nitrogens with one attached hydrogen (secondary N) is 1. The number of benzene rings is 1. The SMILES string of the molecule is O=C(NCC=Cc1ccncc1Cl)OCc1ccccc1. The van der Waals surface area contributed by atoms with E-state index in [1.165, 1.54) is 0 Å². The van der Waals surface area contributed by atoms with Crippen molar-refractivity contribution >= 4 is 23.8 Å². The summed E-state index contributed by atoms with van der Waals surface area (Å²) < 4.78 is 5.08. The Kier molecular flexibility index (Phi) is 5.79. The van der Waals surface area contributed by atoms with Gasteiger partial charge in [-0.15, -0.1) is 0 Å². The molecule has 0 saturated carbocycles. The van der Waals surface area contributed by atoms with E-state index in [1.54, 1.807) is 24.5 Å². The summed E-state index contributed by atoms with van der Waals surface area (Å²) in [4.78, 5) is 15.4. The summed E-state index contributed by atoms with van der Waals surface area (Å²) in [5.74, 6) is 0. The standard InChI is InChI=1S/C16H15ClN2O2/c17-15-11-18-10-8-14(15)7-4-9-19-16(20)21-12-13-5-2-1-3-6-13/h1-8,10-11H,9,12H2,(H,19,20). The van der Waals surface area contributed by atoms with Gasteiger partial charge in [0.25, 0.3) is 0 Å². The molecule has 1 heterocycles. The number of ether oxygens (including phenoxy) is 1. The van der Waals surface area contributed by atoms with Gasteiger partial charge in [0.2, 0.25) is 0 Å². The Hall–Kier alpha value is -2.33. The second-order valence-corrected chi connectivity index (χ2v) is 4.65. The van der Waals surface area contributed by atoms with Crippen molar-refractivity contribution in [1.29, 1.82) is 0 Å². The number of pyridine rings is 1. The lowest BCUT2D eigenvalue weighted by molar-refractivity contribution is 0.141. The maximum absolute atomic E-state index is 11.5. The van der Waals surface area contributed by atoms with Crippen molar-refractivity contribution in [2.45, 2.75) is 6.61 Å². The molecule has 0 aliphatic carbocycles. The first-order chi connectivity index (χ1) is 10.3. The van der Waals surface area contributed by atoms with Crippen LogP contribution in [0.2, 0.25) is 5.02 Å². The smallest absolute Gasteiger partial charge is 0.407 e. The molecule has 108 valence electrons. The van der Waals surface area contributed by atoms with Gasteiger partial charge in [-0.25, -0.2) is 4.79 Å². The van der Waals surface area contributed by atoms with Crippen LogP contribution in [0, 0.1) is 0 Å². The van der Waals surface area contributed by atoms with Gasteiger partial charge < -0.3 is 10.1 Å². The van der Waals surface area contributed by atoms with E-state index in [0.29, 0.717) is 11.6 Å². The van der Waals surface area contributed by atoms with Gasteiger partial charge in [0.15, 0.2) is 0 Å². The van der Waals surface area contributed by atoms with Crippen LogP contribution in [0.1, 0.15) is 11.1 Å². The molecule has 1 aromatic carbocycles. The molecule has 0 saturated heterocycles. The van der Waals surface area contributed by atoms with E-state index in [2.05, 4.69) is 10.3 Å². The van der Waals surface area contributed by atoms with E-state index >= 15 is 0 Å². The molecule has 1 amide bonds. The van der Waals surface area contributed by atoms with Crippen LogP contribution in [-0.4, -0.2) is 17.6 Å². The molecular weight excluding hydrogens is 288 g/mol. The van der Waals surface area contributed by atoms with Crippen molar-refractivity contribution < 1.29 is 9.53 Å². The number of rotatable bonds is 5. The van der Waals surface area contributed by atoms with Gasteiger partial charge in [-0.1, -0.05) is 54.1 Å². The number of amides is 1. The van der Waals surface area contributed by atoms with Crippen LogP contribution >= 0.6 is 11.6 Å². The fourth-order valence-electron chi connectivity index (χ4n) is 1.62. The molecule has 0 atom stereocenters. The van der Waals surface area contributed by atoms with Crippen LogP contribution in [-0.2, 0) is 11.3 Å². The molecule has 0 unspecified atom stereocenters. The lowest BCUT2D eigenvalue weighted by Gasteiger charge is -2.05. The highest BCUT2D eigenvalue weighted by molar-refractivity contribution is 6.31. The number of halogens is 1. The Morgan fingerprint density at radius 3 is 2.86 bits per heavy atom. The molecule has 0 fully saturated rings. The van der Waals surface area contributed by atoms with Gasteiger partial charge in [-0.05, 0) is 17.2 Å². The first-order valence-corrected chi connectivity index (χ1v) is 6.84. The number of alkyl carbamates (subject to hydrolysis) is 1. The largest absolute Gasteiger partial charge is 0.445 e. The Morgan fingerprint density at radius 2 is 2.10 bits per heavy atom. The number of hydrogen-bond acceptors (Lipinski definition) is 3. The van der Waals surface area contributed by atoms with Crippen molar-refractivity contribution in [3.05, 3.63) is 71.0 Å². The van der Waals surface area contributed by atoms with Crippen molar-refractivity contribution in [3.8, 4) is 0 Å². The summed E-state index contributed by atoms with van der Waals surface area (Å²) in [5, 5.41) is 3.21. The third-order valence-corrected chi connectivity index (χ3v) is 2.99. The Balaban J connectivity index is 1.71. The number of carbonyl (C=O) groups excluding carboxylic acids is 1. The first kappa shape index (κ1) is 15.1. The molecule has 21 heavy (non-hydrogen) atoms. The van der Waals surface area contributed by atoms with E-state index in [-0.39, 0.29) is 6.61 Å². The van der Waals surface area contributed by atoms with Gasteiger partial charge in [0, 0.05) is 18.9 Å². The van der Waals surface area contributed by atoms with Crippen LogP contribution in [0.3, 0.4) is 0 Å². The molecule has 0 aliphatic rings. The zero-order valence-corrected chi connectivity index (χ0v) is 12.1. The minimum Gasteiger partial charge on any atom is -0.445 e. The molecule has 2 aromatic rings. The molecule has 0 radical (unpaired) electrons. The summed E-state index contributed by atoms with van der Waals surface area (Å²) in [7, 11) is 0. The van der Waals surface area contributed by atoms with Crippen LogP contribution in [0.4, 0.5) is 4.79 Å². The molecule has 1 N–H and O–H groups in total. The highest BCUT2D eigenvalue weighted by atomic mass is 35.5. The number of nitrogens with zero attached hydrogens (tertiary/aromatic N) is 1. The van der Waals surface area contributed by atoms with Gasteiger partial charge >= 0.3 is 6.09 Å². The highest BCUT2D eigenvalue weighted by Gasteiger charge is 2.00. The Bertz CT molecular complexity index is 615. The van der Waals surface area contributed by atoms with Gasteiger partial charge in [0.05, 0.1) is 5.02 Å². The second-order valence-electron chi connectivity index (χ2n) is 4.24. The summed E-state index contributed by atoms with van der Waals surface area (Å²) in [6.45, 7) is 0.624. The number of carbonyl (C=O) groups is 1. The van der Waals surface area contributed by atoms with E-state index in [4.69, 9.17) is 16.3 Å². The van der Waals surface area contributed by atoms with Gasteiger partial charge in [-0.2, -0.15) is 0 Å². The summed E-state index contributed by atoms with van der Waals surface area (Å²) >= 11 is 5.96. The van der Waals surface area contributed by atoms with E-state index in [0.717, 1.165) is 11.1 Å². The van der Waals surface area contributed by atoms with Gasteiger partial charge in [0.1, 0.15) is 6.61 Å². The van der Waals surface area contributed by atoms with E-state index in [9.17, 15) is 4.79 Å². The van der Waals surface area contributed by atoms with Crippen molar-refractivity contribution in [3.63, 3.8) is 0 Å². The van der Waals surface area contributed by atoms with Crippen LogP contribution in [0.5, 0.6) is 0 Å². The fraction of sp³-hybridized carbons (Fsp3) is 0.125. The van der Waals surface area contributed by atoms with Crippen molar-refractivity contribution in [2.75, 3.05) is 6.54 Å². The van der Waals surface area contributed by atoms with Gasteiger partial charge in [-0.3, -0.25) is 4.98 Å². The minimum atomic E-state index is -0.454.